The number of aliphatic hydroxyl groups excluding tert-OH is 2. The van der Waals surface area contributed by atoms with Crippen LogP contribution in [0.2, 0.25) is 6.32 Å². The summed E-state index contributed by atoms with van der Waals surface area (Å²) in [7, 11) is 0.979. The lowest BCUT2D eigenvalue weighted by Crippen LogP contribution is -2.24. The lowest BCUT2D eigenvalue weighted by Gasteiger charge is -2.19. The molecule has 0 aromatic carbocycles. The molecule has 6 heteroatoms. The molecule has 0 radical (unpaired) electrons. The van der Waals surface area contributed by atoms with Gasteiger partial charge in [0, 0.05) is 13.4 Å². The molecule has 0 atom stereocenters. The maximum Gasteiger partial charge on any atom is 0.598 e. The molecule has 0 saturated carbocycles. The Morgan fingerprint density at radius 2 is 1.77 bits per heavy atom. The van der Waals surface area contributed by atoms with Crippen molar-refractivity contribution in [3.8, 4) is 0 Å². The van der Waals surface area contributed by atoms with Gasteiger partial charge in [-0.2, -0.15) is 0 Å². The van der Waals surface area contributed by atoms with Gasteiger partial charge in [0.25, 0.3) is 11.9 Å². The van der Waals surface area contributed by atoms with E-state index in [9.17, 15) is 10.2 Å². The summed E-state index contributed by atoms with van der Waals surface area (Å²) < 4.78 is 9.87. The van der Waals surface area contributed by atoms with Gasteiger partial charge in [0.15, 0.2) is 0 Å². The van der Waals surface area contributed by atoms with Gasteiger partial charge in [-0.1, -0.05) is 6.92 Å². The van der Waals surface area contributed by atoms with Crippen molar-refractivity contribution in [2.24, 2.45) is 0 Å². The SMILES string of the molecule is CCB1O/C(O)=C\N(C)/C=C(/O)O1. The summed E-state index contributed by atoms with van der Waals surface area (Å²) in [4.78, 5) is 1.43. The van der Waals surface area contributed by atoms with Crippen molar-refractivity contribution in [2.75, 3.05) is 7.05 Å². The van der Waals surface area contributed by atoms with Crippen LogP contribution in [-0.4, -0.2) is 29.3 Å². The topological polar surface area (TPSA) is 62.2 Å². The Balaban J connectivity index is 2.76. The highest BCUT2D eigenvalue weighted by Gasteiger charge is 2.23. The van der Waals surface area contributed by atoms with Gasteiger partial charge in [-0.25, -0.2) is 0 Å². The molecule has 5 nitrogen and oxygen atoms in total. The largest absolute Gasteiger partial charge is 0.598 e. The van der Waals surface area contributed by atoms with Gasteiger partial charge in [-0.15, -0.1) is 0 Å². The van der Waals surface area contributed by atoms with Gasteiger partial charge in [0.2, 0.25) is 0 Å². The fourth-order valence-corrected chi connectivity index (χ4v) is 0.907. The first-order valence-electron chi connectivity index (χ1n) is 3.98. The van der Waals surface area contributed by atoms with Crippen LogP contribution in [-0.2, 0) is 9.31 Å². The second-order valence-corrected chi connectivity index (χ2v) is 2.67. The Bertz CT molecular complexity index is 219. The molecule has 0 aliphatic carbocycles. The Morgan fingerprint density at radius 3 is 2.15 bits per heavy atom. The lowest BCUT2D eigenvalue weighted by molar-refractivity contribution is 0.119. The number of hydrogen-bond donors (Lipinski definition) is 2. The van der Waals surface area contributed by atoms with E-state index >= 15 is 0 Å². The zero-order valence-electron chi connectivity index (χ0n) is 7.60. The van der Waals surface area contributed by atoms with Crippen molar-refractivity contribution < 1.29 is 19.5 Å². The molecule has 72 valence electrons. The first kappa shape index (κ1) is 9.63. The van der Waals surface area contributed by atoms with E-state index in [0.717, 1.165) is 0 Å². The smallest absolute Gasteiger partial charge is 0.498 e. The van der Waals surface area contributed by atoms with E-state index in [1.807, 2.05) is 6.92 Å². The number of hydrogen-bond acceptors (Lipinski definition) is 5. The highest BCUT2D eigenvalue weighted by atomic mass is 16.7. The zero-order chi connectivity index (χ0) is 9.84. The first-order valence-corrected chi connectivity index (χ1v) is 3.98. The molecule has 0 bridgehead atoms. The monoisotopic (exact) mass is 185 g/mol. The van der Waals surface area contributed by atoms with Gasteiger partial charge >= 0.3 is 7.12 Å². The van der Waals surface area contributed by atoms with Crippen LogP contribution in [0.15, 0.2) is 24.3 Å². The van der Waals surface area contributed by atoms with Gasteiger partial charge in [0.05, 0.1) is 12.4 Å². The Kier molecular flexibility index (Phi) is 2.95. The van der Waals surface area contributed by atoms with Gasteiger partial charge in [-0.05, 0) is 0 Å². The summed E-state index contributed by atoms with van der Waals surface area (Å²) >= 11 is 0. The predicted molar refractivity (Wildman–Crippen MR) is 47.6 cm³/mol. The lowest BCUT2D eigenvalue weighted by atomic mass is 9.86. The fraction of sp³-hybridized carbons (Fsp3) is 0.429. The van der Waals surface area contributed by atoms with Crippen LogP contribution in [0.1, 0.15) is 6.92 Å². The van der Waals surface area contributed by atoms with E-state index in [1.54, 1.807) is 7.05 Å². The molecule has 0 aromatic heterocycles. The molecular weight excluding hydrogens is 173 g/mol. The Hall–Kier alpha value is -1.46. The third-order valence-corrected chi connectivity index (χ3v) is 1.47. The number of nitrogens with zero attached hydrogens (tertiary/aromatic N) is 1. The summed E-state index contributed by atoms with van der Waals surface area (Å²) in [6.45, 7) is 1.82. The van der Waals surface area contributed by atoms with E-state index < -0.39 is 7.12 Å². The summed E-state index contributed by atoms with van der Waals surface area (Å²) in [6.07, 6.45) is 3.20. The van der Waals surface area contributed by atoms with Crippen molar-refractivity contribution >= 4 is 7.12 Å². The highest BCUT2D eigenvalue weighted by molar-refractivity contribution is 6.44. The molecular formula is C7H12BNO4. The molecule has 1 heterocycles. The predicted octanol–water partition coefficient (Wildman–Crippen LogP) is 1.19. The van der Waals surface area contributed by atoms with Gasteiger partial charge < -0.3 is 24.4 Å². The summed E-state index contributed by atoms with van der Waals surface area (Å²) in [6, 6.07) is 0. The standard InChI is InChI=1S/C7H12BNO4/c1-3-8-12-6(10)4-9(2)5-7(11)13-8/h4-5,10-11H,3H2,1-2H3/b6-4-,7-5-. The van der Waals surface area contributed by atoms with Gasteiger partial charge in [-0.3, -0.25) is 0 Å². The zero-order valence-corrected chi connectivity index (χ0v) is 7.60. The van der Waals surface area contributed by atoms with Crippen molar-refractivity contribution in [2.45, 2.75) is 13.2 Å². The number of rotatable bonds is 1. The number of aliphatic hydroxyl groups is 2. The molecule has 1 aliphatic heterocycles. The van der Waals surface area contributed by atoms with E-state index in [-0.39, 0.29) is 11.9 Å². The van der Waals surface area contributed by atoms with Crippen molar-refractivity contribution in [1.29, 1.82) is 0 Å². The maximum absolute atomic E-state index is 9.18. The third kappa shape index (κ3) is 2.81. The van der Waals surface area contributed by atoms with E-state index in [2.05, 4.69) is 0 Å². The average molecular weight is 185 g/mol. The first-order chi connectivity index (χ1) is 6.11. The Labute approximate surface area is 77.0 Å². The third-order valence-electron chi connectivity index (χ3n) is 1.47. The summed E-state index contributed by atoms with van der Waals surface area (Å²) in [5, 5.41) is 18.4. The minimum absolute atomic E-state index is 0.238. The molecule has 2 N–H and O–H groups in total. The van der Waals surface area contributed by atoms with Crippen LogP contribution < -0.4 is 0 Å². The van der Waals surface area contributed by atoms with E-state index in [1.165, 1.54) is 17.3 Å². The second kappa shape index (κ2) is 3.98. The molecule has 0 aromatic rings. The van der Waals surface area contributed by atoms with E-state index in [0.29, 0.717) is 6.32 Å². The normalized spacial score (nSPS) is 25.7. The minimum atomic E-state index is -0.652. The molecule has 0 spiro atoms. The molecule has 1 rings (SSSR count). The van der Waals surface area contributed by atoms with Gasteiger partial charge in [0.1, 0.15) is 0 Å². The van der Waals surface area contributed by atoms with Crippen LogP contribution in [0.25, 0.3) is 0 Å². The van der Waals surface area contributed by atoms with Crippen molar-refractivity contribution in [3.63, 3.8) is 0 Å². The second-order valence-electron chi connectivity index (χ2n) is 2.67. The maximum atomic E-state index is 9.18. The van der Waals surface area contributed by atoms with Crippen LogP contribution in [0, 0.1) is 0 Å². The fourth-order valence-electron chi connectivity index (χ4n) is 0.907. The molecule has 0 unspecified atom stereocenters. The van der Waals surface area contributed by atoms with Crippen LogP contribution in [0.5, 0.6) is 0 Å². The Morgan fingerprint density at radius 1 is 1.31 bits per heavy atom. The van der Waals surface area contributed by atoms with E-state index in [4.69, 9.17) is 9.31 Å². The van der Waals surface area contributed by atoms with Crippen molar-refractivity contribution in [1.82, 2.24) is 4.90 Å². The van der Waals surface area contributed by atoms with Crippen LogP contribution in [0.4, 0.5) is 0 Å². The quantitative estimate of drug-likeness (QED) is 0.600. The molecule has 13 heavy (non-hydrogen) atoms. The average Bonchev–Trinajstić information content (AvgIpc) is 1.99. The van der Waals surface area contributed by atoms with Crippen LogP contribution >= 0.6 is 0 Å². The molecule has 0 fully saturated rings. The summed E-state index contributed by atoms with van der Waals surface area (Å²) in [5.74, 6) is -0.476. The minimum Gasteiger partial charge on any atom is -0.498 e. The molecule has 0 amide bonds. The van der Waals surface area contributed by atoms with Crippen LogP contribution in [0.3, 0.4) is 0 Å². The summed E-state index contributed by atoms with van der Waals surface area (Å²) in [5.41, 5.74) is 0. The highest BCUT2D eigenvalue weighted by Crippen LogP contribution is 2.10. The van der Waals surface area contributed by atoms with Crippen molar-refractivity contribution in [3.05, 3.63) is 24.3 Å². The molecule has 1 aliphatic rings. The molecule has 0 saturated heterocycles.